The molecule has 0 saturated carbocycles. The van der Waals surface area contributed by atoms with Crippen molar-refractivity contribution < 1.29 is 13.6 Å². The van der Waals surface area contributed by atoms with Gasteiger partial charge in [-0.25, -0.2) is 8.78 Å². The lowest BCUT2D eigenvalue weighted by molar-refractivity contribution is 0.102. The highest BCUT2D eigenvalue weighted by molar-refractivity contribution is 7.80. The Hall–Kier alpha value is -2.34. The Morgan fingerprint density at radius 1 is 1.10 bits per heavy atom. The van der Waals surface area contributed by atoms with Crippen molar-refractivity contribution in [1.82, 2.24) is 0 Å². The largest absolute Gasteiger partial charge is 0.389 e. The molecule has 0 aromatic heterocycles. The SMILES string of the molecule is NC(=S)c1ccc(NC(=O)c2ccccc2F)c(F)c1. The van der Waals surface area contributed by atoms with Crippen LogP contribution in [0.5, 0.6) is 0 Å². The molecule has 0 saturated heterocycles. The number of hydrogen-bond acceptors (Lipinski definition) is 2. The summed E-state index contributed by atoms with van der Waals surface area (Å²) in [6, 6.07) is 9.35. The number of carbonyl (C=O) groups is 1. The fourth-order valence-corrected chi connectivity index (χ4v) is 1.73. The highest BCUT2D eigenvalue weighted by atomic mass is 32.1. The monoisotopic (exact) mass is 292 g/mol. The molecule has 1 amide bonds. The number of halogens is 2. The molecule has 0 aliphatic heterocycles. The number of anilines is 1. The molecule has 2 aromatic rings. The molecular formula is C14H10F2N2OS. The van der Waals surface area contributed by atoms with Crippen molar-refractivity contribution in [2.45, 2.75) is 0 Å². The van der Waals surface area contributed by atoms with Gasteiger partial charge in [-0.05, 0) is 30.3 Å². The topological polar surface area (TPSA) is 55.1 Å². The summed E-state index contributed by atoms with van der Waals surface area (Å²) >= 11 is 4.72. The Morgan fingerprint density at radius 2 is 1.80 bits per heavy atom. The standard InChI is InChI=1S/C14H10F2N2OS/c15-10-4-2-1-3-9(10)14(19)18-12-6-5-8(13(17)20)7-11(12)16/h1-7H,(H2,17,20)(H,18,19). The summed E-state index contributed by atoms with van der Waals surface area (Å²) in [5.74, 6) is -2.10. The molecule has 0 radical (unpaired) electrons. The lowest BCUT2D eigenvalue weighted by atomic mass is 10.1. The molecule has 0 spiro atoms. The van der Waals surface area contributed by atoms with E-state index in [0.29, 0.717) is 5.56 Å². The second-order valence-corrected chi connectivity index (χ2v) is 4.43. The Morgan fingerprint density at radius 3 is 2.40 bits per heavy atom. The maximum absolute atomic E-state index is 13.8. The Bertz CT molecular complexity index is 689. The van der Waals surface area contributed by atoms with Crippen LogP contribution in [0.3, 0.4) is 0 Å². The van der Waals surface area contributed by atoms with E-state index in [-0.39, 0.29) is 16.2 Å². The summed E-state index contributed by atoms with van der Waals surface area (Å²) in [4.78, 5) is 11.9. The molecular weight excluding hydrogens is 282 g/mol. The highest BCUT2D eigenvalue weighted by Crippen LogP contribution is 2.17. The van der Waals surface area contributed by atoms with Crippen molar-refractivity contribution >= 4 is 28.8 Å². The molecule has 0 atom stereocenters. The first-order valence-corrected chi connectivity index (χ1v) is 6.05. The number of nitrogens with two attached hydrogens (primary N) is 1. The third kappa shape index (κ3) is 2.97. The zero-order valence-corrected chi connectivity index (χ0v) is 11.0. The van der Waals surface area contributed by atoms with Crippen molar-refractivity contribution in [2.24, 2.45) is 5.73 Å². The number of amides is 1. The third-order valence-corrected chi connectivity index (χ3v) is 2.86. The van der Waals surface area contributed by atoms with Crippen LogP contribution in [0.4, 0.5) is 14.5 Å². The van der Waals surface area contributed by atoms with E-state index in [1.165, 1.54) is 30.3 Å². The number of rotatable bonds is 3. The summed E-state index contributed by atoms with van der Waals surface area (Å²) in [6.07, 6.45) is 0. The van der Waals surface area contributed by atoms with E-state index in [1.807, 2.05) is 0 Å². The molecule has 0 bridgehead atoms. The van der Waals surface area contributed by atoms with Gasteiger partial charge >= 0.3 is 0 Å². The fourth-order valence-electron chi connectivity index (χ4n) is 1.60. The molecule has 3 N–H and O–H groups in total. The first-order valence-electron chi connectivity index (χ1n) is 5.64. The van der Waals surface area contributed by atoms with Crippen LogP contribution in [-0.4, -0.2) is 10.9 Å². The zero-order valence-electron chi connectivity index (χ0n) is 10.2. The first-order chi connectivity index (χ1) is 9.49. The smallest absolute Gasteiger partial charge is 0.258 e. The molecule has 0 aliphatic rings. The van der Waals surface area contributed by atoms with Gasteiger partial charge < -0.3 is 11.1 Å². The van der Waals surface area contributed by atoms with Crippen LogP contribution in [-0.2, 0) is 0 Å². The van der Waals surface area contributed by atoms with Gasteiger partial charge in [0, 0.05) is 5.56 Å². The van der Waals surface area contributed by atoms with Crippen LogP contribution in [0.15, 0.2) is 42.5 Å². The second kappa shape index (κ2) is 5.75. The summed E-state index contributed by atoms with van der Waals surface area (Å²) in [7, 11) is 0. The molecule has 0 unspecified atom stereocenters. The second-order valence-electron chi connectivity index (χ2n) is 3.99. The fraction of sp³-hybridized carbons (Fsp3) is 0. The zero-order chi connectivity index (χ0) is 14.7. The predicted octanol–water partition coefficient (Wildman–Crippen LogP) is 2.85. The van der Waals surface area contributed by atoms with Crippen molar-refractivity contribution in [3.05, 3.63) is 65.2 Å². The van der Waals surface area contributed by atoms with Crippen molar-refractivity contribution in [1.29, 1.82) is 0 Å². The number of carbonyl (C=O) groups excluding carboxylic acids is 1. The van der Waals surface area contributed by atoms with Gasteiger partial charge in [0.1, 0.15) is 16.6 Å². The number of benzene rings is 2. The van der Waals surface area contributed by atoms with Crippen LogP contribution in [0.1, 0.15) is 15.9 Å². The van der Waals surface area contributed by atoms with E-state index in [2.05, 4.69) is 5.32 Å². The number of nitrogens with one attached hydrogen (secondary N) is 1. The molecule has 0 heterocycles. The third-order valence-electron chi connectivity index (χ3n) is 2.62. The van der Waals surface area contributed by atoms with E-state index in [9.17, 15) is 13.6 Å². The number of hydrogen-bond donors (Lipinski definition) is 2. The van der Waals surface area contributed by atoms with Gasteiger partial charge in [-0.15, -0.1) is 0 Å². The van der Waals surface area contributed by atoms with E-state index in [1.54, 1.807) is 0 Å². The van der Waals surface area contributed by atoms with Crippen molar-refractivity contribution in [3.8, 4) is 0 Å². The molecule has 102 valence electrons. The van der Waals surface area contributed by atoms with Crippen molar-refractivity contribution in [3.63, 3.8) is 0 Å². The molecule has 0 fully saturated rings. The predicted molar refractivity (Wildman–Crippen MR) is 76.6 cm³/mol. The molecule has 0 aliphatic carbocycles. The lowest BCUT2D eigenvalue weighted by Gasteiger charge is -2.08. The van der Waals surface area contributed by atoms with Crippen LogP contribution < -0.4 is 11.1 Å². The molecule has 2 rings (SSSR count). The molecule has 20 heavy (non-hydrogen) atoms. The van der Waals surface area contributed by atoms with Crippen LogP contribution in [0, 0.1) is 11.6 Å². The van der Waals surface area contributed by atoms with Crippen LogP contribution >= 0.6 is 12.2 Å². The van der Waals surface area contributed by atoms with Gasteiger partial charge in [-0.2, -0.15) is 0 Å². The van der Waals surface area contributed by atoms with Gasteiger partial charge in [0.2, 0.25) is 0 Å². The van der Waals surface area contributed by atoms with Gasteiger partial charge in [0.15, 0.2) is 0 Å². The highest BCUT2D eigenvalue weighted by Gasteiger charge is 2.13. The molecule has 3 nitrogen and oxygen atoms in total. The van der Waals surface area contributed by atoms with E-state index >= 15 is 0 Å². The summed E-state index contributed by atoms with van der Waals surface area (Å²) < 4.78 is 27.2. The minimum atomic E-state index is -0.731. The quantitative estimate of drug-likeness (QED) is 0.855. The van der Waals surface area contributed by atoms with E-state index in [0.717, 1.165) is 12.1 Å². The van der Waals surface area contributed by atoms with Crippen molar-refractivity contribution in [2.75, 3.05) is 5.32 Å². The van der Waals surface area contributed by atoms with Gasteiger partial charge in [0.25, 0.3) is 5.91 Å². The Kier molecular flexibility index (Phi) is 4.05. The Balaban J connectivity index is 2.25. The molecule has 2 aromatic carbocycles. The maximum Gasteiger partial charge on any atom is 0.258 e. The minimum Gasteiger partial charge on any atom is -0.389 e. The minimum absolute atomic E-state index is 0.0517. The summed E-state index contributed by atoms with van der Waals surface area (Å²) in [5, 5.41) is 2.30. The summed E-state index contributed by atoms with van der Waals surface area (Å²) in [6.45, 7) is 0. The maximum atomic E-state index is 13.8. The van der Waals surface area contributed by atoms with Gasteiger partial charge in [0.05, 0.1) is 11.3 Å². The average molecular weight is 292 g/mol. The Labute approximate surface area is 119 Å². The van der Waals surface area contributed by atoms with E-state index in [4.69, 9.17) is 18.0 Å². The molecule has 6 heteroatoms. The van der Waals surface area contributed by atoms with Crippen LogP contribution in [0.25, 0.3) is 0 Å². The average Bonchev–Trinajstić information content (AvgIpc) is 2.41. The van der Waals surface area contributed by atoms with E-state index < -0.39 is 17.5 Å². The lowest BCUT2D eigenvalue weighted by Crippen LogP contribution is -2.15. The van der Waals surface area contributed by atoms with Gasteiger partial charge in [-0.1, -0.05) is 24.4 Å². The normalized spacial score (nSPS) is 10.1. The summed E-state index contributed by atoms with van der Waals surface area (Å²) in [5.41, 5.74) is 5.49. The van der Waals surface area contributed by atoms with Gasteiger partial charge in [-0.3, -0.25) is 4.79 Å². The van der Waals surface area contributed by atoms with Crippen LogP contribution in [0.2, 0.25) is 0 Å². The number of thiocarbonyl (C=S) groups is 1. The first kappa shape index (κ1) is 14.1.